The fraction of sp³-hybridized carbons (Fsp3) is 0.381. The minimum absolute atomic E-state index is 0.285. The Hall–Kier alpha value is -1.45. The van der Waals surface area contributed by atoms with Gasteiger partial charge in [0.25, 0.3) is 0 Å². The van der Waals surface area contributed by atoms with Crippen molar-refractivity contribution in [3.05, 3.63) is 64.7 Å². The maximum atomic E-state index is 10.5. The number of aryl methyl sites for hydroxylation is 2. The number of halogens is 1. The Kier molecular flexibility index (Phi) is 8.92. The number of hydrogen-bond donors (Lipinski definition) is 1. The summed E-state index contributed by atoms with van der Waals surface area (Å²) in [6, 6.07) is 16.9. The van der Waals surface area contributed by atoms with Crippen LogP contribution in [0.4, 0.5) is 0 Å². The van der Waals surface area contributed by atoms with E-state index in [1.54, 1.807) is 0 Å². The molecule has 0 aliphatic rings. The molecule has 0 spiro atoms. The molecule has 0 bridgehead atoms. The maximum absolute atomic E-state index is 10.5. The second-order valence-corrected chi connectivity index (χ2v) is 7.78. The molecule has 0 atom stereocenters. The summed E-state index contributed by atoms with van der Waals surface area (Å²) >= 11 is 7.76. The first-order chi connectivity index (χ1) is 12.1. The third-order valence-electron chi connectivity index (χ3n) is 4.07. The van der Waals surface area contributed by atoms with E-state index in [0.29, 0.717) is 0 Å². The molecule has 2 aromatic carbocycles. The second-order valence-electron chi connectivity index (χ2n) is 6.18. The predicted molar refractivity (Wildman–Crippen MR) is 107 cm³/mol. The molecule has 2 aromatic rings. The van der Waals surface area contributed by atoms with Gasteiger partial charge in [0.05, 0.1) is 0 Å². The molecular formula is C21H25ClO2S. The van der Waals surface area contributed by atoms with E-state index >= 15 is 0 Å². The summed E-state index contributed by atoms with van der Waals surface area (Å²) in [5.74, 6) is 0.408. The van der Waals surface area contributed by atoms with Crippen LogP contribution >= 0.6 is 23.4 Å². The van der Waals surface area contributed by atoms with Crippen molar-refractivity contribution in [3.8, 4) is 0 Å². The van der Waals surface area contributed by atoms with Crippen LogP contribution in [0.5, 0.6) is 0 Å². The van der Waals surface area contributed by atoms with Crippen molar-refractivity contribution in [2.75, 3.05) is 5.75 Å². The van der Waals surface area contributed by atoms with Crippen molar-refractivity contribution in [1.82, 2.24) is 0 Å². The van der Waals surface area contributed by atoms with Crippen LogP contribution in [0.2, 0.25) is 5.02 Å². The number of aliphatic carboxylic acids is 1. The molecule has 0 heterocycles. The molecular weight excluding hydrogens is 352 g/mol. The van der Waals surface area contributed by atoms with Crippen molar-refractivity contribution >= 4 is 29.3 Å². The molecule has 0 aliphatic heterocycles. The fourth-order valence-corrected chi connectivity index (χ4v) is 3.63. The number of carboxylic acid groups (broad SMARTS) is 1. The Balaban J connectivity index is 1.61. The zero-order valence-electron chi connectivity index (χ0n) is 14.4. The van der Waals surface area contributed by atoms with Gasteiger partial charge in [-0.3, -0.25) is 4.79 Å². The Labute approximate surface area is 159 Å². The zero-order valence-corrected chi connectivity index (χ0v) is 16.0. The van der Waals surface area contributed by atoms with Gasteiger partial charge in [0.2, 0.25) is 0 Å². The highest BCUT2D eigenvalue weighted by Gasteiger charge is 2.00. The Morgan fingerprint density at radius 1 is 0.840 bits per heavy atom. The maximum Gasteiger partial charge on any atom is 0.303 e. The summed E-state index contributed by atoms with van der Waals surface area (Å²) in [6.45, 7) is 0. The van der Waals surface area contributed by atoms with E-state index in [1.165, 1.54) is 16.0 Å². The lowest BCUT2D eigenvalue weighted by molar-refractivity contribution is -0.137. The van der Waals surface area contributed by atoms with Crippen molar-refractivity contribution < 1.29 is 9.90 Å². The van der Waals surface area contributed by atoms with Gasteiger partial charge >= 0.3 is 5.97 Å². The molecule has 0 aliphatic carbocycles. The molecule has 4 heteroatoms. The van der Waals surface area contributed by atoms with Gasteiger partial charge in [-0.2, -0.15) is 0 Å². The van der Waals surface area contributed by atoms with Gasteiger partial charge in [-0.1, -0.05) is 42.3 Å². The van der Waals surface area contributed by atoms with Crippen LogP contribution in [0.15, 0.2) is 53.4 Å². The quantitative estimate of drug-likeness (QED) is 0.372. The summed E-state index contributed by atoms with van der Waals surface area (Å²) in [4.78, 5) is 11.7. The first-order valence-electron chi connectivity index (χ1n) is 8.81. The summed E-state index contributed by atoms with van der Waals surface area (Å²) in [5.41, 5.74) is 2.72. The van der Waals surface area contributed by atoms with Crippen molar-refractivity contribution in [1.29, 1.82) is 0 Å². The van der Waals surface area contributed by atoms with E-state index in [1.807, 2.05) is 23.9 Å². The monoisotopic (exact) mass is 376 g/mol. The summed E-state index contributed by atoms with van der Waals surface area (Å²) < 4.78 is 0. The Bertz CT molecular complexity index is 638. The van der Waals surface area contributed by atoms with E-state index in [-0.39, 0.29) is 6.42 Å². The van der Waals surface area contributed by atoms with Crippen LogP contribution in [0.3, 0.4) is 0 Å². The first kappa shape index (κ1) is 19.9. The van der Waals surface area contributed by atoms with Crippen LogP contribution < -0.4 is 0 Å². The second kappa shape index (κ2) is 11.2. The molecule has 2 rings (SSSR count). The number of thioether (sulfide) groups is 1. The number of carbonyl (C=O) groups is 1. The van der Waals surface area contributed by atoms with Crippen LogP contribution in [-0.2, 0) is 17.6 Å². The molecule has 0 aromatic heterocycles. The zero-order chi connectivity index (χ0) is 17.9. The SMILES string of the molecule is O=C(O)CCCCCc1ccc(CCCSc2ccc(Cl)cc2)cc1. The van der Waals surface area contributed by atoms with Crippen LogP contribution in [0, 0.1) is 0 Å². The minimum atomic E-state index is -0.696. The van der Waals surface area contributed by atoms with Gasteiger partial charge in [-0.25, -0.2) is 0 Å². The summed E-state index contributed by atoms with van der Waals surface area (Å²) in [6.07, 6.45) is 6.39. The molecule has 0 radical (unpaired) electrons. The summed E-state index contributed by atoms with van der Waals surface area (Å²) in [5, 5.41) is 9.40. The van der Waals surface area contributed by atoms with Crippen LogP contribution in [0.1, 0.15) is 43.2 Å². The predicted octanol–water partition coefficient (Wildman–Crippen LogP) is 6.25. The molecule has 0 saturated heterocycles. The number of unbranched alkanes of at least 4 members (excludes halogenated alkanes) is 2. The third-order valence-corrected chi connectivity index (χ3v) is 5.42. The molecule has 0 fully saturated rings. The summed E-state index contributed by atoms with van der Waals surface area (Å²) in [7, 11) is 0. The average molecular weight is 377 g/mol. The van der Waals surface area contributed by atoms with Gasteiger partial charge in [0.15, 0.2) is 0 Å². The fourth-order valence-electron chi connectivity index (χ4n) is 2.65. The standard InChI is InChI=1S/C21H25ClO2S/c22-19-12-14-20(15-13-19)25-16-4-6-18-10-8-17(9-11-18)5-2-1-3-7-21(23)24/h8-15H,1-7,16H2,(H,23,24). The Morgan fingerprint density at radius 3 is 2.04 bits per heavy atom. The highest BCUT2D eigenvalue weighted by molar-refractivity contribution is 7.99. The lowest BCUT2D eigenvalue weighted by Crippen LogP contribution is -1.94. The van der Waals surface area contributed by atoms with Crippen LogP contribution in [0.25, 0.3) is 0 Å². The van der Waals surface area contributed by atoms with E-state index in [4.69, 9.17) is 16.7 Å². The molecule has 134 valence electrons. The highest BCUT2D eigenvalue weighted by atomic mass is 35.5. The normalized spacial score (nSPS) is 10.8. The topological polar surface area (TPSA) is 37.3 Å². The third kappa shape index (κ3) is 8.46. The van der Waals surface area contributed by atoms with Crippen molar-refractivity contribution in [3.63, 3.8) is 0 Å². The van der Waals surface area contributed by atoms with E-state index < -0.39 is 5.97 Å². The van der Waals surface area contributed by atoms with Gasteiger partial charge < -0.3 is 5.11 Å². The average Bonchev–Trinajstić information content (AvgIpc) is 2.61. The molecule has 0 saturated carbocycles. The molecule has 0 amide bonds. The van der Waals surface area contributed by atoms with Crippen LogP contribution in [-0.4, -0.2) is 16.8 Å². The lowest BCUT2D eigenvalue weighted by Gasteiger charge is -2.05. The first-order valence-corrected chi connectivity index (χ1v) is 10.2. The van der Waals surface area contributed by atoms with E-state index in [0.717, 1.165) is 49.3 Å². The smallest absolute Gasteiger partial charge is 0.303 e. The van der Waals surface area contributed by atoms with Gasteiger partial charge in [-0.05, 0) is 73.2 Å². The number of benzene rings is 2. The number of carboxylic acids is 1. The number of hydrogen-bond acceptors (Lipinski definition) is 2. The highest BCUT2D eigenvalue weighted by Crippen LogP contribution is 2.21. The largest absolute Gasteiger partial charge is 0.481 e. The molecule has 0 unspecified atom stereocenters. The Morgan fingerprint density at radius 2 is 1.44 bits per heavy atom. The molecule has 25 heavy (non-hydrogen) atoms. The van der Waals surface area contributed by atoms with Gasteiger partial charge in [0.1, 0.15) is 0 Å². The minimum Gasteiger partial charge on any atom is -0.481 e. The molecule has 2 nitrogen and oxygen atoms in total. The van der Waals surface area contributed by atoms with Gasteiger partial charge in [-0.15, -0.1) is 11.8 Å². The van der Waals surface area contributed by atoms with E-state index in [9.17, 15) is 4.79 Å². The lowest BCUT2D eigenvalue weighted by atomic mass is 10.0. The van der Waals surface area contributed by atoms with Crippen molar-refractivity contribution in [2.24, 2.45) is 0 Å². The van der Waals surface area contributed by atoms with Crippen molar-refractivity contribution in [2.45, 2.75) is 49.8 Å². The molecule has 1 N–H and O–H groups in total. The van der Waals surface area contributed by atoms with Gasteiger partial charge in [0, 0.05) is 16.3 Å². The van der Waals surface area contributed by atoms with E-state index in [2.05, 4.69) is 36.4 Å². The number of rotatable bonds is 11.